The van der Waals surface area contributed by atoms with Gasteiger partial charge in [-0.1, -0.05) is 134 Å². The fraction of sp³-hybridized carbons (Fsp3) is 0.0204. The van der Waals surface area contributed by atoms with E-state index in [0.717, 1.165) is 106 Å². The molecule has 0 aliphatic carbocycles. The van der Waals surface area contributed by atoms with Crippen LogP contribution in [0.3, 0.4) is 0 Å². The van der Waals surface area contributed by atoms with Crippen molar-refractivity contribution in [3.8, 4) is 45.2 Å². The van der Waals surface area contributed by atoms with E-state index in [2.05, 4.69) is 55.1 Å². The Hall–Kier alpha value is -7.44. The van der Waals surface area contributed by atoms with Crippen molar-refractivity contribution in [1.29, 1.82) is 0 Å². The molecule has 0 amide bonds. The quantitative estimate of drug-likeness (QED) is 0.153. The molecule has 10 rings (SSSR count). The molecule has 6 heteroatoms. The minimum absolute atomic E-state index is 0.625. The smallest absolute Gasteiger partial charge is 0.160 e. The van der Waals surface area contributed by atoms with Gasteiger partial charge in [-0.3, -0.25) is 0 Å². The third kappa shape index (κ3) is 5.77. The molecule has 0 fully saturated rings. The first-order valence-corrected chi connectivity index (χ1v) is 18.2. The Morgan fingerprint density at radius 3 is 1.96 bits per heavy atom. The van der Waals surface area contributed by atoms with Crippen LogP contribution in [0.4, 0.5) is 0 Å². The van der Waals surface area contributed by atoms with Crippen molar-refractivity contribution < 1.29 is 8.83 Å². The van der Waals surface area contributed by atoms with E-state index in [4.69, 9.17) is 28.8 Å². The molecule has 0 unspecified atom stereocenters. The third-order valence-electron chi connectivity index (χ3n) is 10.0. The molecule has 0 atom stereocenters. The standard InChI is InChI=1S/C49H32N4O2/c1-30(23-28-35-31(2)54-43-20-10-6-15-36(35)43)41-29-42(53-49(52-41)34-13-4-3-5-14-34)32-24-26-33(27-25-32)47-48(51-40-19-9-8-18-39(40)50-47)38-17-12-22-45-46(38)37-16-7-11-21-44(37)55-45/h3-29H,1H2,2H3/b28-23-. The number of hydrogen-bond donors (Lipinski definition) is 0. The Bertz CT molecular complexity index is 3120. The molecular formula is C49H32N4O2. The first-order valence-electron chi connectivity index (χ1n) is 18.2. The number of allylic oxidation sites excluding steroid dienone is 2. The van der Waals surface area contributed by atoms with Gasteiger partial charge in [0.25, 0.3) is 0 Å². The zero-order valence-electron chi connectivity index (χ0n) is 29.9. The second-order valence-corrected chi connectivity index (χ2v) is 13.5. The summed E-state index contributed by atoms with van der Waals surface area (Å²) in [7, 11) is 0. The first-order chi connectivity index (χ1) is 27.1. The lowest BCUT2D eigenvalue weighted by molar-refractivity contribution is 0.577. The summed E-state index contributed by atoms with van der Waals surface area (Å²) in [6.07, 6.45) is 4.05. The van der Waals surface area contributed by atoms with Crippen LogP contribution in [0.1, 0.15) is 17.0 Å². The van der Waals surface area contributed by atoms with Crippen molar-refractivity contribution in [3.63, 3.8) is 0 Å². The topological polar surface area (TPSA) is 77.8 Å². The molecule has 0 N–H and O–H groups in total. The number of rotatable bonds is 7. The number of para-hydroxylation sites is 4. The van der Waals surface area contributed by atoms with Gasteiger partial charge in [0, 0.05) is 44.0 Å². The number of fused-ring (bicyclic) bond motifs is 5. The van der Waals surface area contributed by atoms with Gasteiger partial charge in [0.1, 0.15) is 22.5 Å². The number of nitrogens with zero attached hydrogens (tertiary/aromatic N) is 4. The molecule has 6 nitrogen and oxygen atoms in total. The highest BCUT2D eigenvalue weighted by Crippen LogP contribution is 2.40. The van der Waals surface area contributed by atoms with E-state index in [9.17, 15) is 0 Å². The van der Waals surface area contributed by atoms with Crippen LogP contribution in [0, 0.1) is 6.92 Å². The average molecular weight is 709 g/mol. The number of benzene rings is 6. The minimum Gasteiger partial charge on any atom is -0.461 e. The van der Waals surface area contributed by atoms with Crippen molar-refractivity contribution in [3.05, 3.63) is 181 Å². The van der Waals surface area contributed by atoms with Crippen molar-refractivity contribution in [1.82, 2.24) is 19.9 Å². The Morgan fingerprint density at radius 1 is 0.545 bits per heavy atom. The van der Waals surface area contributed by atoms with Gasteiger partial charge in [-0.05, 0) is 48.9 Å². The van der Waals surface area contributed by atoms with Crippen LogP contribution in [-0.4, -0.2) is 19.9 Å². The molecular weight excluding hydrogens is 677 g/mol. The number of aryl methyl sites for hydroxylation is 1. The van der Waals surface area contributed by atoms with Gasteiger partial charge in [0.15, 0.2) is 5.82 Å². The fourth-order valence-electron chi connectivity index (χ4n) is 7.30. The monoisotopic (exact) mass is 708 g/mol. The molecule has 0 bridgehead atoms. The maximum atomic E-state index is 6.26. The van der Waals surface area contributed by atoms with Gasteiger partial charge in [-0.25, -0.2) is 19.9 Å². The number of hydrogen-bond acceptors (Lipinski definition) is 6. The van der Waals surface area contributed by atoms with Crippen LogP contribution in [-0.2, 0) is 0 Å². The second kappa shape index (κ2) is 13.2. The summed E-state index contributed by atoms with van der Waals surface area (Å²) in [6.45, 7) is 6.41. The molecule has 0 spiro atoms. The summed E-state index contributed by atoms with van der Waals surface area (Å²) < 4.78 is 12.3. The number of aromatic nitrogens is 4. The van der Waals surface area contributed by atoms with Crippen LogP contribution in [0.5, 0.6) is 0 Å². The zero-order chi connectivity index (χ0) is 36.9. The van der Waals surface area contributed by atoms with E-state index < -0.39 is 0 Å². The van der Waals surface area contributed by atoms with Crippen molar-refractivity contribution in [2.45, 2.75) is 6.92 Å². The minimum atomic E-state index is 0.625. The Balaban J connectivity index is 1.07. The summed E-state index contributed by atoms with van der Waals surface area (Å²) in [5.74, 6) is 1.48. The van der Waals surface area contributed by atoms with Gasteiger partial charge in [-0.15, -0.1) is 0 Å². The largest absolute Gasteiger partial charge is 0.461 e. The molecule has 55 heavy (non-hydrogen) atoms. The molecule has 10 aromatic rings. The van der Waals surface area contributed by atoms with Crippen LogP contribution in [0.25, 0.3) is 101 Å². The van der Waals surface area contributed by atoms with E-state index in [1.54, 1.807) is 0 Å². The first kappa shape index (κ1) is 32.2. The summed E-state index contributed by atoms with van der Waals surface area (Å²) in [5.41, 5.74) is 12.8. The highest BCUT2D eigenvalue weighted by molar-refractivity contribution is 6.13. The summed E-state index contributed by atoms with van der Waals surface area (Å²) in [4.78, 5) is 20.5. The fourth-order valence-corrected chi connectivity index (χ4v) is 7.30. The molecule has 0 aliphatic rings. The van der Waals surface area contributed by atoms with E-state index in [0.29, 0.717) is 5.82 Å². The van der Waals surface area contributed by atoms with Crippen LogP contribution in [0.15, 0.2) is 173 Å². The molecule has 0 aliphatic heterocycles. The molecule has 0 radical (unpaired) electrons. The maximum absolute atomic E-state index is 6.26. The maximum Gasteiger partial charge on any atom is 0.160 e. The molecule has 0 saturated heterocycles. The van der Waals surface area contributed by atoms with Crippen molar-refractivity contribution >= 4 is 55.6 Å². The summed E-state index contributed by atoms with van der Waals surface area (Å²) >= 11 is 0. The van der Waals surface area contributed by atoms with E-state index in [1.807, 2.05) is 122 Å². The predicted molar refractivity (Wildman–Crippen MR) is 223 cm³/mol. The van der Waals surface area contributed by atoms with Gasteiger partial charge in [0.05, 0.1) is 33.8 Å². The summed E-state index contributed by atoms with van der Waals surface area (Å²) in [6, 6.07) is 50.7. The molecule has 260 valence electrons. The summed E-state index contributed by atoms with van der Waals surface area (Å²) in [5, 5.41) is 3.13. The van der Waals surface area contributed by atoms with Crippen LogP contribution >= 0.6 is 0 Å². The zero-order valence-corrected chi connectivity index (χ0v) is 29.9. The Morgan fingerprint density at radius 2 is 1.18 bits per heavy atom. The van der Waals surface area contributed by atoms with E-state index in [1.165, 1.54) is 0 Å². The highest BCUT2D eigenvalue weighted by Gasteiger charge is 2.19. The lowest BCUT2D eigenvalue weighted by Gasteiger charge is -2.13. The second-order valence-electron chi connectivity index (χ2n) is 13.5. The van der Waals surface area contributed by atoms with Crippen molar-refractivity contribution in [2.75, 3.05) is 0 Å². The van der Waals surface area contributed by atoms with Crippen LogP contribution in [0.2, 0.25) is 0 Å². The normalized spacial score (nSPS) is 11.7. The molecule has 4 heterocycles. The van der Waals surface area contributed by atoms with E-state index >= 15 is 0 Å². The SMILES string of the molecule is C=C(/C=C\c1c(C)oc2ccccc12)c1cc(-c2ccc(-c3nc4ccccc4nc3-c3cccc4oc5ccccc5c34)cc2)nc(-c2ccccc2)n1. The Labute approximate surface area is 316 Å². The van der Waals surface area contributed by atoms with Gasteiger partial charge >= 0.3 is 0 Å². The third-order valence-corrected chi connectivity index (χ3v) is 10.0. The Kier molecular flexibility index (Phi) is 7.74. The molecule has 6 aromatic carbocycles. The predicted octanol–water partition coefficient (Wildman–Crippen LogP) is 12.8. The van der Waals surface area contributed by atoms with Gasteiger partial charge < -0.3 is 8.83 Å². The lowest BCUT2D eigenvalue weighted by atomic mass is 9.98. The van der Waals surface area contributed by atoms with Gasteiger partial charge in [-0.2, -0.15) is 0 Å². The average Bonchev–Trinajstić information content (AvgIpc) is 3.79. The molecule has 0 saturated carbocycles. The highest BCUT2D eigenvalue weighted by atomic mass is 16.3. The van der Waals surface area contributed by atoms with Crippen LogP contribution < -0.4 is 0 Å². The molecule has 4 aromatic heterocycles. The van der Waals surface area contributed by atoms with E-state index in [-0.39, 0.29) is 0 Å². The number of furan rings is 2. The lowest BCUT2D eigenvalue weighted by Crippen LogP contribution is -1.98. The van der Waals surface area contributed by atoms with Crippen molar-refractivity contribution in [2.24, 2.45) is 0 Å². The van der Waals surface area contributed by atoms with Gasteiger partial charge in [0.2, 0.25) is 0 Å².